The van der Waals surface area contributed by atoms with E-state index in [2.05, 4.69) is 10.3 Å². The van der Waals surface area contributed by atoms with Crippen LogP contribution in [-0.4, -0.2) is 38.4 Å². The largest absolute Gasteiger partial charge is 0.368 e. The van der Waals surface area contributed by atoms with Crippen molar-refractivity contribution >= 4 is 52.1 Å². The van der Waals surface area contributed by atoms with Gasteiger partial charge in [0.2, 0.25) is 5.91 Å². The summed E-state index contributed by atoms with van der Waals surface area (Å²) in [5, 5.41) is 8.37. The highest BCUT2D eigenvalue weighted by Gasteiger charge is 2.22. The van der Waals surface area contributed by atoms with Gasteiger partial charge in [-0.3, -0.25) is 19.4 Å². The highest BCUT2D eigenvalue weighted by Crippen LogP contribution is 2.34. The van der Waals surface area contributed by atoms with E-state index < -0.39 is 17.9 Å². The lowest BCUT2D eigenvalue weighted by Crippen LogP contribution is -2.45. The molecule has 1 atom stereocenters. The molecule has 6 rings (SSSR count). The first-order valence-corrected chi connectivity index (χ1v) is 15.7. The van der Waals surface area contributed by atoms with Crippen LogP contribution in [0.1, 0.15) is 31.2 Å². The van der Waals surface area contributed by atoms with Crippen LogP contribution < -0.4 is 11.1 Å². The van der Waals surface area contributed by atoms with Gasteiger partial charge < -0.3 is 11.1 Å². The smallest absolute Gasteiger partial charge is 0.262 e. The lowest BCUT2D eigenvalue weighted by molar-refractivity contribution is -0.119. The molecular formula is C35H25Cl2N5O3S. The van der Waals surface area contributed by atoms with Crippen LogP contribution in [0.25, 0.3) is 27.5 Å². The van der Waals surface area contributed by atoms with E-state index in [1.54, 1.807) is 77.7 Å². The summed E-state index contributed by atoms with van der Waals surface area (Å²) in [5.41, 5.74) is 10.4. The molecule has 11 heteroatoms. The third-order valence-corrected chi connectivity index (χ3v) is 9.08. The number of nitrogens with one attached hydrogen (secondary N) is 1. The quantitative estimate of drug-likeness (QED) is 0.152. The van der Waals surface area contributed by atoms with Gasteiger partial charge in [0.15, 0.2) is 5.78 Å². The van der Waals surface area contributed by atoms with Crippen LogP contribution in [0.5, 0.6) is 0 Å². The van der Waals surface area contributed by atoms with Gasteiger partial charge in [-0.1, -0.05) is 77.8 Å². The number of nitrogens with zero attached hydrogens (tertiary/aromatic N) is 3. The number of hydrogen-bond donors (Lipinski definition) is 2. The number of primary amides is 1. The number of hydrogen-bond acceptors (Lipinski definition) is 6. The second-order valence-corrected chi connectivity index (χ2v) is 12.3. The van der Waals surface area contributed by atoms with E-state index in [1.165, 1.54) is 11.3 Å². The maximum Gasteiger partial charge on any atom is 0.262 e. The van der Waals surface area contributed by atoms with E-state index in [4.69, 9.17) is 34.0 Å². The third-order valence-electron chi connectivity index (χ3n) is 7.24. The van der Waals surface area contributed by atoms with Gasteiger partial charge in [-0.25, -0.2) is 4.68 Å². The summed E-state index contributed by atoms with van der Waals surface area (Å²) in [6.07, 6.45) is 3.57. The molecular weight excluding hydrogens is 641 g/mol. The first-order chi connectivity index (χ1) is 22.3. The van der Waals surface area contributed by atoms with E-state index >= 15 is 0 Å². The number of amides is 2. The first kappa shape index (κ1) is 30.9. The van der Waals surface area contributed by atoms with Gasteiger partial charge in [0.05, 0.1) is 36.9 Å². The van der Waals surface area contributed by atoms with Crippen molar-refractivity contribution in [3.05, 3.63) is 147 Å². The molecule has 0 aliphatic heterocycles. The molecule has 2 amide bonds. The molecule has 0 aliphatic rings. The van der Waals surface area contributed by atoms with Gasteiger partial charge in [0, 0.05) is 35.5 Å². The lowest BCUT2D eigenvalue weighted by atomic mass is 9.99. The molecule has 46 heavy (non-hydrogen) atoms. The minimum absolute atomic E-state index is 0.103. The van der Waals surface area contributed by atoms with Crippen molar-refractivity contribution in [2.45, 2.75) is 12.5 Å². The summed E-state index contributed by atoms with van der Waals surface area (Å²) >= 11 is 13.7. The third kappa shape index (κ3) is 6.77. The van der Waals surface area contributed by atoms with E-state index in [0.29, 0.717) is 37.4 Å². The number of benzene rings is 3. The van der Waals surface area contributed by atoms with Crippen LogP contribution in [0.2, 0.25) is 10.0 Å². The van der Waals surface area contributed by atoms with Gasteiger partial charge in [0.25, 0.3) is 5.91 Å². The summed E-state index contributed by atoms with van der Waals surface area (Å²) in [6, 6.07) is 29.3. The molecule has 0 aliphatic carbocycles. The zero-order valence-electron chi connectivity index (χ0n) is 24.1. The standard InChI is InChI=1S/C35H25Cl2N5O3S/c36-26-13-12-25(18-27(26)37)42-30(19-28(41-42)24-7-4-16-39-20-24)31-14-15-32(46-31)35(45)40-29(34(38)44)17-21-8-10-23(11-9-21)33(43)22-5-2-1-3-6-22/h1-16,18-20,29H,17H2,(H2,38,44)(H,40,45)/t29-/m0/s1. The zero-order valence-corrected chi connectivity index (χ0v) is 26.4. The van der Waals surface area contributed by atoms with Crippen molar-refractivity contribution in [3.8, 4) is 27.5 Å². The molecule has 0 fully saturated rings. The number of ketones is 1. The van der Waals surface area contributed by atoms with Crippen molar-refractivity contribution in [2.75, 3.05) is 0 Å². The van der Waals surface area contributed by atoms with Gasteiger partial charge in [-0.2, -0.15) is 5.10 Å². The van der Waals surface area contributed by atoms with Gasteiger partial charge >= 0.3 is 0 Å². The summed E-state index contributed by atoms with van der Waals surface area (Å²) in [7, 11) is 0. The molecule has 0 unspecified atom stereocenters. The number of thiophene rings is 1. The Bertz CT molecular complexity index is 2040. The van der Waals surface area contributed by atoms with Crippen LogP contribution in [0, 0.1) is 0 Å². The number of aromatic nitrogens is 3. The van der Waals surface area contributed by atoms with Crippen LogP contribution in [0.4, 0.5) is 0 Å². The second kappa shape index (κ2) is 13.5. The normalized spacial score (nSPS) is 11.6. The summed E-state index contributed by atoms with van der Waals surface area (Å²) < 4.78 is 1.73. The molecule has 3 aromatic heterocycles. The minimum Gasteiger partial charge on any atom is -0.368 e. The van der Waals surface area contributed by atoms with Crippen molar-refractivity contribution in [3.63, 3.8) is 0 Å². The molecule has 3 N–H and O–H groups in total. The Hall–Kier alpha value is -5.09. The predicted octanol–water partition coefficient (Wildman–Crippen LogP) is 7.03. The van der Waals surface area contributed by atoms with Crippen LogP contribution in [0.3, 0.4) is 0 Å². The Kier molecular flexibility index (Phi) is 9.07. The molecule has 6 aromatic rings. The minimum atomic E-state index is -0.965. The monoisotopic (exact) mass is 665 g/mol. The van der Waals surface area contributed by atoms with E-state index in [1.807, 2.05) is 42.5 Å². The molecule has 3 aromatic carbocycles. The van der Waals surface area contributed by atoms with Crippen LogP contribution >= 0.6 is 34.5 Å². The fourth-order valence-electron chi connectivity index (χ4n) is 4.86. The topological polar surface area (TPSA) is 120 Å². The number of rotatable bonds is 10. The Morgan fingerprint density at radius 2 is 1.61 bits per heavy atom. The Labute approximate surface area is 278 Å². The van der Waals surface area contributed by atoms with E-state index in [9.17, 15) is 14.4 Å². The number of carbonyl (C=O) groups excluding carboxylic acids is 3. The fourth-order valence-corrected chi connectivity index (χ4v) is 6.06. The number of nitrogens with two attached hydrogens (primary N) is 1. The number of halogens is 2. The molecule has 0 saturated heterocycles. The van der Waals surface area contributed by atoms with Gasteiger partial charge in [0.1, 0.15) is 6.04 Å². The molecule has 0 spiro atoms. The van der Waals surface area contributed by atoms with Gasteiger partial charge in [-0.05, 0) is 54.1 Å². The Balaban J connectivity index is 1.22. The number of carbonyl (C=O) groups is 3. The van der Waals surface area contributed by atoms with Crippen LogP contribution in [-0.2, 0) is 11.2 Å². The highest BCUT2D eigenvalue weighted by molar-refractivity contribution is 7.17. The molecule has 0 bridgehead atoms. The van der Waals surface area contributed by atoms with Crippen molar-refractivity contribution in [2.24, 2.45) is 5.73 Å². The molecule has 3 heterocycles. The summed E-state index contributed by atoms with van der Waals surface area (Å²) in [5.74, 6) is -1.22. The predicted molar refractivity (Wildman–Crippen MR) is 181 cm³/mol. The average Bonchev–Trinajstić information content (AvgIpc) is 3.75. The lowest BCUT2D eigenvalue weighted by Gasteiger charge is -2.15. The molecule has 228 valence electrons. The Morgan fingerprint density at radius 3 is 2.30 bits per heavy atom. The van der Waals surface area contributed by atoms with Gasteiger partial charge in [-0.15, -0.1) is 11.3 Å². The van der Waals surface area contributed by atoms with Crippen LogP contribution in [0.15, 0.2) is 116 Å². The summed E-state index contributed by atoms with van der Waals surface area (Å²) in [6.45, 7) is 0. The average molecular weight is 667 g/mol. The molecule has 0 saturated carbocycles. The summed E-state index contributed by atoms with van der Waals surface area (Å²) in [4.78, 5) is 43.8. The van der Waals surface area contributed by atoms with Crippen molar-refractivity contribution in [1.29, 1.82) is 0 Å². The maximum absolute atomic E-state index is 13.3. The molecule has 8 nitrogen and oxygen atoms in total. The first-order valence-electron chi connectivity index (χ1n) is 14.1. The Morgan fingerprint density at radius 1 is 0.848 bits per heavy atom. The maximum atomic E-state index is 13.3. The molecule has 0 radical (unpaired) electrons. The fraction of sp³-hybridized carbons (Fsp3) is 0.0571. The van der Waals surface area contributed by atoms with Crippen molar-refractivity contribution in [1.82, 2.24) is 20.1 Å². The van der Waals surface area contributed by atoms with Crippen molar-refractivity contribution < 1.29 is 14.4 Å². The van der Waals surface area contributed by atoms with E-state index in [0.717, 1.165) is 21.7 Å². The zero-order chi connectivity index (χ0) is 32.2. The highest BCUT2D eigenvalue weighted by atomic mass is 35.5. The van der Waals surface area contributed by atoms with E-state index in [-0.39, 0.29) is 12.2 Å². The number of pyridine rings is 1. The second-order valence-electron chi connectivity index (χ2n) is 10.4. The SMILES string of the molecule is NC(=O)[C@H](Cc1ccc(C(=O)c2ccccc2)cc1)NC(=O)c1ccc(-c2cc(-c3cccnc3)nn2-c2ccc(Cl)c(Cl)c2)s1.